The van der Waals surface area contributed by atoms with Crippen molar-refractivity contribution in [1.29, 1.82) is 0 Å². The molecule has 7 nitrogen and oxygen atoms in total. The number of nitrogens with one attached hydrogen (secondary N) is 2. The first-order chi connectivity index (χ1) is 15.0. The lowest BCUT2D eigenvalue weighted by Crippen LogP contribution is -2.45. The molecule has 0 radical (unpaired) electrons. The molecule has 1 saturated carbocycles. The molecule has 31 heavy (non-hydrogen) atoms. The second kappa shape index (κ2) is 11.5. The van der Waals surface area contributed by atoms with Crippen molar-refractivity contribution in [2.45, 2.75) is 57.2 Å². The average Bonchev–Trinajstić information content (AvgIpc) is 3.44. The molecule has 1 unspecified atom stereocenters. The number of rotatable bonds is 9. The molecule has 1 aliphatic carbocycles. The SMILES string of the molecule is CCNC(=NCCCS(=O)(=O)Cc1ccccc1)NC1CCN(C(=O)C2CCCC2)C1. The molecule has 1 heterocycles. The van der Waals surface area contributed by atoms with Crippen molar-refractivity contribution in [2.75, 3.05) is 31.9 Å². The van der Waals surface area contributed by atoms with E-state index in [1.807, 2.05) is 42.2 Å². The highest BCUT2D eigenvalue weighted by Gasteiger charge is 2.32. The third-order valence-corrected chi connectivity index (χ3v) is 7.69. The van der Waals surface area contributed by atoms with Crippen LogP contribution in [0.15, 0.2) is 35.3 Å². The number of sulfone groups is 1. The first-order valence-electron chi connectivity index (χ1n) is 11.5. The summed E-state index contributed by atoms with van der Waals surface area (Å²) in [6.07, 6.45) is 5.81. The van der Waals surface area contributed by atoms with E-state index >= 15 is 0 Å². The Balaban J connectivity index is 1.44. The second-order valence-corrected chi connectivity index (χ2v) is 10.8. The van der Waals surface area contributed by atoms with Crippen LogP contribution in [0.4, 0.5) is 0 Å². The van der Waals surface area contributed by atoms with E-state index in [1.165, 1.54) is 12.8 Å². The van der Waals surface area contributed by atoms with Gasteiger partial charge in [-0.15, -0.1) is 0 Å². The van der Waals surface area contributed by atoms with E-state index in [-0.39, 0.29) is 23.5 Å². The molecule has 3 rings (SSSR count). The van der Waals surface area contributed by atoms with Crippen molar-refractivity contribution >= 4 is 21.7 Å². The van der Waals surface area contributed by atoms with Crippen molar-refractivity contribution in [1.82, 2.24) is 15.5 Å². The molecule has 2 N–H and O–H groups in total. The molecule has 2 fully saturated rings. The molecule has 1 saturated heterocycles. The van der Waals surface area contributed by atoms with Crippen molar-refractivity contribution in [3.63, 3.8) is 0 Å². The Kier molecular flexibility index (Phi) is 8.75. The number of benzene rings is 1. The summed E-state index contributed by atoms with van der Waals surface area (Å²) >= 11 is 0. The summed E-state index contributed by atoms with van der Waals surface area (Å²) in [5, 5.41) is 6.66. The predicted molar refractivity (Wildman–Crippen MR) is 125 cm³/mol. The summed E-state index contributed by atoms with van der Waals surface area (Å²) in [6, 6.07) is 9.46. The molecule has 2 aliphatic rings. The molecule has 1 aliphatic heterocycles. The maximum absolute atomic E-state index is 12.6. The van der Waals surface area contributed by atoms with Crippen LogP contribution < -0.4 is 10.6 Å². The Labute approximate surface area is 186 Å². The molecule has 1 aromatic carbocycles. The van der Waals surface area contributed by atoms with E-state index < -0.39 is 9.84 Å². The van der Waals surface area contributed by atoms with Gasteiger partial charge in [0.25, 0.3) is 0 Å². The van der Waals surface area contributed by atoms with E-state index in [1.54, 1.807) is 0 Å². The highest BCUT2D eigenvalue weighted by Crippen LogP contribution is 2.27. The van der Waals surface area contributed by atoms with Crippen LogP contribution in [0.1, 0.15) is 51.0 Å². The monoisotopic (exact) mass is 448 g/mol. The van der Waals surface area contributed by atoms with Crippen LogP contribution in [0.3, 0.4) is 0 Å². The maximum Gasteiger partial charge on any atom is 0.225 e. The standard InChI is InChI=1S/C23H36N4O3S/c1-2-24-23(25-14-8-16-31(29,30)18-19-9-4-3-5-10-19)26-21-13-15-27(17-21)22(28)20-11-6-7-12-20/h3-5,9-10,20-21H,2,6-8,11-18H2,1H3,(H2,24,25,26). The minimum absolute atomic E-state index is 0.0722. The van der Waals surface area contributed by atoms with Crippen LogP contribution in [-0.2, 0) is 20.4 Å². The van der Waals surface area contributed by atoms with Gasteiger partial charge >= 0.3 is 0 Å². The number of aliphatic imine (C=N–C) groups is 1. The van der Waals surface area contributed by atoms with Crippen LogP contribution >= 0.6 is 0 Å². The van der Waals surface area contributed by atoms with Gasteiger partial charge in [0.1, 0.15) is 0 Å². The zero-order chi connectivity index (χ0) is 22.1. The number of amides is 1. The van der Waals surface area contributed by atoms with Gasteiger partial charge in [-0.2, -0.15) is 0 Å². The largest absolute Gasteiger partial charge is 0.357 e. The Morgan fingerprint density at radius 3 is 2.61 bits per heavy atom. The topological polar surface area (TPSA) is 90.9 Å². The molecule has 0 bridgehead atoms. The molecule has 8 heteroatoms. The van der Waals surface area contributed by atoms with E-state index in [9.17, 15) is 13.2 Å². The second-order valence-electron chi connectivity index (χ2n) is 8.59. The van der Waals surface area contributed by atoms with Gasteiger partial charge in [-0.1, -0.05) is 43.2 Å². The lowest BCUT2D eigenvalue weighted by Gasteiger charge is -2.21. The van der Waals surface area contributed by atoms with Gasteiger partial charge in [0.15, 0.2) is 15.8 Å². The van der Waals surface area contributed by atoms with Gasteiger partial charge in [0.2, 0.25) is 5.91 Å². The molecule has 0 spiro atoms. The van der Waals surface area contributed by atoms with Gasteiger partial charge < -0.3 is 15.5 Å². The first kappa shape index (κ1) is 23.6. The lowest BCUT2D eigenvalue weighted by molar-refractivity contribution is -0.134. The lowest BCUT2D eigenvalue weighted by atomic mass is 10.1. The minimum atomic E-state index is -3.15. The first-order valence-corrected chi connectivity index (χ1v) is 13.4. The summed E-state index contributed by atoms with van der Waals surface area (Å²) < 4.78 is 24.7. The molecular formula is C23H36N4O3S. The number of hydrogen-bond donors (Lipinski definition) is 2. The van der Waals surface area contributed by atoms with Crippen LogP contribution in [0, 0.1) is 5.92 Å². The summed E-state index contributed by atoms with van der Waals surface area (Å²) in [5.41, 5.74) is 0.818. The number of hydrogen-bond acceptors (Lipinski definition) is 4. The number of carbonyl (C=O) groups is 1. The molecule has 1 aromatic rings. The van der Waals surface area contributed by atoms with Crippen LogP contribution in [0.5, 0.6) is 0 Å². The van der Waals surface area contributed by atoms with Gasteiger partial charge in [-0.3, -0.25) is 9.79 Å². The van der Waals surface area contributed by atoms with E-state index in [0.29, 0.717) is 31.4 Å². The third-order valence-electron chi connectivity index (χ3n) is 6.00. The summed E-state index contributed by atoms with van der Waals surface area (Å²) in [7, 11) is -3.15. The quantitative estimate of drug-likeness (QED) is 0.344. The highest BCUT2D eigenvalue weighted by atomic mass is 32.2. The van der Waals surface area contributed by atoms with E-state index in [2.05, 4.69) is 15.6 Å². The zero-order valence-electron chi connectivity index (χ0n) is 18.6. The Hall–Kier alpha value is -2.09. The van der Waals surface area contributed by atoms with Gasteiger partial charge in [0, 0.05) is 38.1 Å². The molecule has 1 amide bonds. The fourth-order valence-electron chi connectivity index (χ4n) is 4.40. The minimum Gasteiger partial charge on any atom is -0.357 e. The molecule has 1 atom stereocenters. The number of carbonyl (C=O) groups excluding carboxylic acids is 1. The number of likely N-dealkylation sites (tertiary alicyclic amines) is 1. The maximum atomic E-state index is 12.6. The molecular weight excluding hydrogens is 412 g/mol. The fraction of sp³-hybridized carbons (Fsp3) is 0.652. The van der Waals surface area contributed by atoms with Gasteiger partial charge in [0.05, 0.1) is 11.5 Å². The van der Waals surface area contributed by atoms with Gasteiger partial charge in [-0.25, -0.2) is 8.42 Å². The zero-order valence-corrected chi connectivity index (χ0v) is 19.4. The van der Waals surface area contributed by atoms with Gasteiger partial charge in [-0.05, 0) is 38.2 Å². The normalized spacial score (nSPS) is 20.2. The van der Waals surface area contributed by atoms with Crippen LogP contribution in [-0.4, -0.2) is 63.2 Å². The highest BCUT2D eigenvalue weighted by molar-refractivity contribution is 7.90. The number of nitrogens with zero attached hydrogens (tertiary/aromatic N) is 2. The third kappa shape index (κ3) is 7.52. The van der Waals surface area contributed by atoms with Crippen molar-refractivity contribution in [2.24, 2.45) is 10.9 Å². The Bertz CT molecular complexity index is 836. The van der Waals surface area contributed by atoms with E-state index in [4.69, 9.17) is 0 Å². The van der Waals surface area contributed by atoms with Crippen LogP contribution in [0.2, 0.25) is 0 Å². The Morgan fingerprint density at radius 1 is 1.16 bits per heavy atom. The summed E-state index contributed by atoms with van der Waals surface area (Å²) in [4.78, 5) is 19.2. The predicted octanol–water partition coefficient (Wildman–Crippen LogP) is 2.34. The van der Waals surface area contributed by atoms with Crippen LogP contribution in [0.25, 0.3) is 0 Å². The van der Waals surface area contributed by atoms with Crippen molar-refractivity contribution < 1.29 is 13.2 Å². The van der Waals surface area contributed by atoms with E-state index in [0.717, 1.165) is 37.9 Å². The van der Waals surface area contributed by atoms with Crippen molar-refractivity contribution in [3.05, 3.63) is 35.9 Å². The molecule has 172 valence electrons. The molecule has 0 aromatic heterocycles. The summed E-state index contributed by atoms with van der Waals surface area (Å²) in [5.74, 6) is 1.43. The smallest absolute Gasteiger partial charge is 0.225 e. The average molecular weight is 449 g/mol. The fourth-order valence-corrected chi connectivity index (χ4v) is 5.81. The summed E-state index contributed by atoms with van der Waals surface area (Å²) in [6.45, 7) is 4.69. The Morgan fingerprint density at radius 2 is 1.90 bits per heavy atom. The van der Waals surface area contributed by atoms with Crippen molar-refractivity contribution in [3.8, 4) is 0 Å². The number of guanidine groups is 1.